The van der Waals surface area contributed by atoms with Gasteiger partial charge in [0.15, 0.2) is 0 Å². The van der Waals surface area contributed by atoms with Crippen LogP contribution in [0.3, 0.4) is 0 Å². The Morgan fingerprint density at radius 2 is 2.16 bits per heavy atom. The van der Waals surface area contributed by atoms with Crippen molar-refractivity contribution in [1.82, 2.24) is 19.4 Å². The highest BCUT2D eigenvalue weighted by atomic mass is 32.2. The molecule has 2 aromatic heterocycles. The molecule has 3 rings (SSSR count). The summed E-state index contributed by atoms with van der Waals surface area (Å²) in [6.45, 7) is 1.95. The van der Waals surface area contributed by atoms with E-state index in [1.165, 1.54) is 5.56 Å². The van der Waals surface area contributed by atoms with E-state index in [0.717, 1.165) is 17.0 Å². The number of nitriles is 1. The molecule has 0 amide bonds. The smallest absolute Gasteiger partial charge is 0.217 e. The predicted octanol–water partition coefficient (Wildman–Crippen LogP) is 3.63. The molecule has 25 heavy (non-hydrogen) atoms. The zero-order valence-corrected chi connectivity index (χ0v) is 15.4. The number of rotatable bonds is 5. The van der Waals surface area contributed by atoms with Gasteiger partial charge in [-0.05, 0) is 30.8 Å². The van der Waals surface area contributed by atoms with Gasteiger partial charge in [-0.3, -0.25) is 0 Å². The summed E-state index contributed by atoms with van der Waals surface area (Å²) in [7, 11) is 1.86. The third-order valence-electron chi connectivity index (χ3n) is 3.83. The summed E-state index contributed by atoms with van der Waals surface area (Å²) in [5.41, 5.74) is 3.64. The molecule has 0 bridgehead atoms. The van der Waals surface area contributed by atoms with E-state index in [0.29, 0.717) is 15.6 Å². The van der Waals surface area contributed by atoms with Crippen LogP contribution in [0.2, 0.25) is 0 Å². The number of aromatic nitrogens is 4. The van der Waals surface area contributed by atoms with E-state index in [-0.39, 0.29) is 0 Å². The summed E-state index contributed by atoms with van der Waals surface area (Å²) in [5, 5.41) is 21.3. The second-order valence-corrected chi connectivity index (χ2v) is 6.71. The van der Waals surface area contributed by atoms with Crippen molar-refractivity contribution in [1.29, 1.82) is 5.26 Å². The molecule has 2 heterocycles. The second kappa shape index (κ2) is 7.51. The maximum Gasteiger partial charge on any atom is 0.217 e. The SMILES string of the molecule is Cc1c(/C=N\n2c(SCc3ccccc3)n[nH]c2=S)cc(C#N)n1C. The first-order chi connectivity index (χ1) is 12.1. The number of aromatic amines is 1. The van der Waals surface area contributed by atoms with Crippen molar-refractivity contribution >= 4 is 30.2 Å². The lowest BCUT2D eigenvalue weighted by atomic mass is 10.2. The Balaban J connectivity index is 1.83. The van der Waals surface area contributed by atoms with Gasteiger partial charge >= 0.3 is 0 Å². The maximum atomic E-state index is 9.12. The van der Waals surface area contributed by atoms with Crippen LogP contribution < -0.4 is 0 Å². The van der Waals surface area contributed by atoms with Crippen molar-refractivity contribution in [3.63, 3.8) is 0 Å². The zero-order valence-electron chi connectivity index (χ0n) is 13.8. The number of nitrogens with one attached hydrogen (secondary N) is 1. The van der Waals surface area contributed by atoms with Crippen LogP contribution in [0.15, 0.2) is 46.7 Å². The highest BCUT2D eigenvalue weighted by Gasteiger charge is 2.09. The first-order valence-corrected chi connectivity index (χ1v) is 8.94. The summed E-state index contributed by atoms with van der Waals surface area (Å²) < 4.78 is 3.86. The Labute approximate surface area is 154 Å². The van der Waals surface area contributed by atoms with Gasteiger partial charge in [-0.1, -0.05) is 42.1 Å². The molecule has 1 aromatic carbocycles. The Morgan fingerprint density at radius 1 is 1.40 bits per heavy atom. The minimum absolute atomic E-state index is 0.431. The van der Waals surface area contributed by atoms with Crippen LogP contribution in [0, 0.1) is 23.0 Å². The van der Waals surface area contributed by atoms with Crippen LogP contribution in [0.5, 0.6) is 0 Å². The third-order valence-corrected chi connectivity index (χ3v) is 5.10. The highest BCUT2D eigenvalue weighted by molar-refractivity contribution is 7.98. The zero-order chi connectivity index (χ0) is 17.8. The molecule has 6 nitrogen and oxygen atoms in total. The molecule has 1 N–H and O–H groups in total. The Hall–Kier alpha value is -2.63. The lowest BCUT2D eigenvalue weighted by Gasteiger charge is -2.01. The first-order valence-electron chi connectivity index (χ1n) is 7.55. The minimum atomic E-state index is 0.431. The number of benzene rings is 1. The van der Waals surface area contributed by atoms with E-state index < -0.39 is 0 Å². The fourth-order valence-corrected chi connectivity index (χ4v) is 3.37. The Morgan fingerprint density at radius 3 is 2.84 bits per heavy atom. The molecule has 0 radical (unpaired) electrons. The van der Waals surface area contributed by atoms with Gasteiger partial charge in [-0.2, -0.15) is 15.0 Å². The van der Waals surface area contributed by atoms with Gasteiger partial charge in [-0.25, -0.2) is 5.10 Å². The van der Waals surface area contributed by atoms with Crippen molar-refractivity contribution in [2.45, 2.75) is 17.8 Å². The van der Waals surface area contributed by atoms with Gasteiger partial charge in [0.2, 0.25) is 9.93 Å². The summed E-state index contributed by atoms with van der Waals surface area (Å²) in [6, 6.07) is 14.1. The van der Waals surface area contributed by atoms with Gasteiger partial charge in [0.1, 0.15) is 11.8 Å². The molecule has 0 aliphatic heterocycles. The molecule has 0 spiro atoms. The first kappa shape index (κ1) is 17.2. The van der Waals surface area contributed by atoms with Gasteiger partial charge in [0.25, 0.3) is 0 Å². The van der Waals surface area contributed by atoms with Crippen molar-refractivity contribution < 1.29 is 0 Å². The molecule has 0 atom stereocenters. The summed E-state index contributed by atoms with van der Waals surface area (Å²) in [4.78, 5) is 0. The van der Waals surface area contributed by atoms with Crippen LogP contribution in [-0.2, 0) is 12.8 Å². The minimum Gasteiger partial charge on any atom is -0.339 e. The van der Waals surface area contributed by atoms with Gasteiger partial charge in [0.05, 0.1) is 6.21 Å². The summed E-state index contributed by atoms with van der Waals surface area (Å²) in [6.07, 6.45) is 1.70. The summed E-state index contributed by atoms with van der Waals surface area (Å²) in [5.74, 6) is 0.777. The molecular formula is C17H16N6S2. The van der Waals surface area contributed by atoms with Crippen LogP contribution in [0.1, 0.15) is 22.5 Å². The van der Waals surface area contributed by atoms with Crippen LogP contribution in [0.4, 0.5) is 0 Å². The van der Waals surface area contributed by atoms with E-state index >= 15 is 0 Å². The van der Waals surface area contributed by atoms with Gasteiger partial charge in [0, 0.05) is 24.1 Å². The topological polar surface area (TPSA) is 74.7 Å². The number of hydrogen-bond acceptors (Lipinski definition) is 5. The van der Waals surface area contributed by atoms with Crippen LogP contribution in [-0.4, -0.2) is 25.7 Å². The molecule has 0 saturated carbocycles. The Kier molecular flexibility index (Phi) is 5.16. The van der Waals surface area contributed by atoms with Crippen molar-refractivity contribution in [3.8, 4) is 6.07 Å². The highest BCUT2D eigenvalue weighted by Crippen LogP contribution is 2.21. The van der Waals surface area contributed by atoms with E-state index in [2.05, 4.69) is 33.5 Å². The Bertz CT molecular complexity index is 1000. The molecule has 0 saturated heterocycles. The molecule has 0 fully saturated rings. The third kappa shape index (κ3) is 3.73. The average molecular weight is 368 g/mol. The van der Waals surface area contributed by atoms with Crippen LogP contribution >= 0.6 is 24.0 Å². The molecular weight excluding hydrogens is 352 g/mol. The second-order valence-electron chi connectivity index (χ2n) is 5.38. The van der Waals surface area contributed by atoms with E-state index in [1.54, 1.807) is 28.7 Å². The fraction of sp³-hybridized carbons (Fsp3) is 0.176. The number of H-pyrrole nitrogens is 1. The van der Waals surface area contributed by atoms with Crippen LogP contribution in [0.25, 0.3) is 0 Å². The van der Waals surface area contributed by atoms with E-state index in [4.69, 9.17) is 17.5 Å². The average Bonchev–Trinajstić information content (AvgIpc) is 3.12. The fourth-order valence-electron chi connectivity index (χ4n) is 2.28. The van der Waals surface area contributed by atoms with E-state index in [9.17, 15) is 0 Å². The molecule has 3 aromatic rings. The van der Waals surface area contributed by atoms with E-state index in [1.807, 2.05) is 36.7 Å². The summed E-state index contributed by atoms with van der Waals surface area (Å²) >= 11 is 6.82. The van der Waals surface area contributed by atoms with Gasteiger partial charge < -0.3 is 4.57 Å². The van der Waals surface area contributed by atoms with Crippen molar-refractivity contribution in [2.75, 3.05) is 0 Å². The van der Waals surface area contributed by atoms with Crippen molar-refractivity contribution in [3.05, 3.63) is 63.7 Å². The lowest BCUT2D eigenvalue weighted by molar-refractivity contribution is 0.758. The normalized spacial score (nSPS) is 11.1. The predicted molar refractivity (Wildman–Crippen MR) is 101 cm³/mol. The monoisotopic (exact) mass is 368 g/mol. The maximum absolute atomic E-state index is 9.12. The molecule has 0 unspecified atom stereocenters. The molecule has 126 valence electrons. The molecule has 0 aliphatic rings. The lowest BCUT2D eigenvalue weighted by Crippen LogP contribution is -1.96. The van der Waals surface area contributed by atoms with Gasteiger partial charge in [-0.15, -0.1) is 5.10 Å². The quantitative estimate of drug-likeness (QED) is 0.424. The molecule has 8 heteroatoms. The van der Waals surface area contributed by atoms with Crippen molar-refractivity contribution in [2.24, 2.45) is 12.1 Å². The largest absolute Gasteiger partial charge is 0.339 e. The standard InChI is InChI=1S/C17H16N6S2/c1-12-14(8-15(9-18)22(12)2)10-19-23-16(24)20-21-17(23)25-11-13-6-4-3-5-7-13/h3-8,10H,11H2,1-2H3,(H,20,24)/b19-10-. The number of thioether (sulfide) groups is 1. The molecule has 0 aliphatic carbocycles. The number of nitrogens with zero attached hydrogens (tertiary/aromatic N) is 5. The number of hydrogen-bond donors (Lipinski definition) is 1.